The number of hydrogen-bond acceptors (Lipinski definition) is 4. The van der Waals surface area contributed by atoms with Crippen molar-refractivity contribution in [3.63, 3.8) is 0 Å². The van der Waals surface area contributed by atoms with Crippen LogP contribution in [0.25, 0.3) is 0 Å². The van der Waals surface area contributed by atoms with Gasteiger partial charge in [0, 0.05) is 20.1 Å². The Labute approximate surface area is 97.0 Å². The fourth-order valence-corrected chi connectivity index (χ4v) is 1.06. The van der Waals surface area contributed by atoms with Crippen LogP contribution in [-0.4, -0.2) is 40.1 Å². The second kappa shape index (κ2) is 5.58. The molecule has 0 fully saturated rings. The average Bonchev–Trinajstić information content (AvgIpc) is 2.56. The van der Waals surface area contributed by atoms with Crippen molar-refractivity contribution >= 4 is 23.6 Å². The number of nitrogen functional groups attached to an aromatic ring is 1. The minimum atomic E-state index is -1.14. The van der Waals surface area contributed by atoms with Gasteiger partial charge >= 0.3 is 12.1 Å². The Balaban J connectivity index is 2.30. The number of nitrogens with zero attached hydrogens (tertiary/aromatic N) is 2. The third-order valence-electron chi connectivity index (χ3n) is 1.92. The van der Waals surface area contributed by atoms with E-state index in [2.05, 4.69) is 21.0 Å². The first-order valence-electron chi connectivity index (χ1n) is 4.80. The van der Waals surface area contributed by atoms with Gasteiger partial charge in [0.15, 0.2) is 0 Å². The van der Waals surface area contributed by atoms with Gasteiger partial charge in [-0.1, -0.05) is 0 Å². The lowest BCUT2D eigenvalue weighted by molar-refractivity contribution is 0.194. The summed E-state index contributed by atoms with van der Waals surface area (Å²) in [6.07, 6.45) is 0.286. The number of amides is 3. The molecule has 9 heteroatoms. The van der Waals surface area contributed by atoms with E-state index in [0.717, 1.165) is 0 Å². The van der Waals surface area contributed by atoms with Crippen LogP contribution in [0.3, 0.4) is 0 Å². The molecule has 0 aliphatic carbocycles. The van der Waals surface area contributed by atoms with Gasteiger partial charge in [0.25, 0.3) is 0 Å². The van der Waals surface area contributed by atoms with Gasteiger partial charge in [-0.2, -0.15) is 5.10 Å². The summed E-state index contributed by atoms with van der Waals surface area (Å²) < 4.78 is 1.42. The molecule has 17 heavy (non-hydrogen) atoms. The molecule has 0 aliphatic rings. The van der Waals surface area contributed by atoms with E-state index in [4.69, 9.17) is 10.8 Å². The van der Waals surface area contributed by atoms with E-state index in [-0.39, 0.29) is 13.1 Å². The van der Waals surface area contributed by atoms with E-state index in [9.17, 15) is 9.59 Å². The van der Waals surface area contributed by atoms with Crippen LogP contribution in [0.15, 0.2) is 6.20 Å². The fraction of sp³-hybridized carbons (Fsp3) is 0.375. The lowest BCUT2D eigenvalue weighted by Crippen LogP contribution is -2.36. The number of carbonyl (C=O) groups excluding carboxylic acids is 1. The highest BCUT2D eigenvalue weighted by atomic mass is 16.4. The van der Waals surface area contributed by atoms with E-state index in [1.54, 1.807) is 7.05 Å². The van der Waals surface area contributed by atoms with Gasteiger partial charge in [-0.15, -0.1) is 0 Å². The second-order valence-corrected chi connectivity index (χ2v) is 3.18. The van der Waals surface area contributed by atoms with E-state index < -0.39 is 12.1 Å². The number of carbonyl (C=O) groups is 2. The zero-order valence-electron chi connectivity index (χ0n) is 9.23. The van der Waals surface area contributed by atoms with Crippen molar-refractivity contribution in [2.45, 2.75) is 0 Å². The number of nitrogens with two attached hydrogens (primary N) is 1. The fourth-order valence-electron chi connectivity index (χ4n) is 1.06. The Hall–Kier alpha value is -2.45. The number of aryl methyl sites for hydroxylation is 1. The smallest absolute Gasteiger partial charge is 0.404 e. The highest BCUT2D eigenvalue weighted by molar-refractivity contribution is 5.91. The van der Waals surface area contributed by atoms with Gasteiger partial charge in [-0.25, -0.2) is 9.59 Å². The molecule has 0 aromatic carbocycles. The Kier molecular flexibility index (Phi) is 4.14. The minimum Gasteiger partial charge on any atom is -0.465 e. The van der Waals surface area contributed by atoms with Crippen LogP contribution in [0.4, 0.5) is 21.1 Å². The Morgan fingerprint density at radius 3 is 2.65 bits per heavy atom. The summed E-state index contributed by atoms with van der Waals surface area (Å²) in [4.78, 5) is 21.4. The van der Waals surface area contributed by atoms with Crippen LogP contribution in [0, 0.1) is 0 Å². The summed E-state index contributed by atoms with van der Waals surface area (Å²) in [5, 5.41) is 19.2. The van der Waals surface area contributed by atoms with E-state index in [0.29, 0.717) is 11.5 Å². The molecule has 6 N–H and O–H groups in total. The van der Waals surface area contributed by atoms with Crippen molar-refractivity contribution in [3.8, 4) is 0 Å². The molecule has 1 aromatic heterocycles. The highest BCUT2D eigenvalue weighted by Gasteiger charge is 2.07. The SMILES string of the molecule is Cn1ncc(NC(=O)NCCNC(=O)O)c1N. The van der Waals surface area contributed by atoms with Gasteiger partial charge in [0.2, 0.25) is 0 Å². The second-order valence-electron chi connectivity index (χ2n) is 3.18. The number of anilines is 2. The maximum Gasteiger partial charge on any atom is 0.404 e. The maximum atomic E-state index is 11.3. The van der Waals surface area contributed by atoms with Gasteiger partial charge in [0.05, 0.1) is 6.20 Å². The molecule has 0 radical (unpaired) electrons. The highest BCUT2D eigenvalue weighted by Crippen LogP contribution is 2.14. The van der Waals surface area contributed by atoms with Gasteiger partial charge in [-0.05, 0) is 0 Å². The van der Waals surface area contributed by atoms with Crippen LogP contribution < -0.4 is 21.7 Å². The molecule has 3 amide bonds. The number of nitrogens with one attached hydrogen (secondary N) is 3. The van der Waals surface area contributed by atoms with Gasteiger partial charge < -0.3 is 26.8 Å². The molecule has 0 saturated carbocycles. The summed E-state index contributed by atoms with van der Waals surface area (Å²) in [7, 11) is 1.65. The lowest BCUT2D eigenvalue weighted by Gasteiger charge is -2.06. The zero-order valence-corrected chi connectivity index (χ0v) is 9.23. The van der Waals surface area contributed by atoms with Gasteiger partial charge in [-0.3, -0.25) is 4.68 Å². The number of urea groups is 1. The molecule has 0 aliphatic heterocycles. The first-order valence-corrected chi connectivity index (χ1v) is 4.80. The molecule has 0 unspecified atom stereocenters. The van der Waals surface area contributed by atoms with Crippen molar-refractivity contribution in [1.29, 1.82) is 0 Å². The molecule has 1 rings (SSSR count). The van der Waals surface area contributed by atoms with Crippen LogP contribution in [0.2, 0.25) is 0 Å². The first kappa shape index (κ1) is 12.6. The average molecular weight is 242 g/mol. The number of rotatable bonds is 4. The summed E-state index contributed by atoms with van der Waals surface area (Å²) in [6.45, 7) is 0.309. The van der Waals surface area contributed by atoms with Crippen LogP contribution >= 0.6 is 0 Å². The summed E-state index contributed by atoms with van der Waals surface area (Å²) in [6, 6.07) is -0.475. The molecule has 9 nitrogen and oxygen atoms in total. The molecule has 1 heterocycles. The predicted molar refractivity (Wildman–Crippen MR) is 60.7 cm³/mol. The minimum absolute atomic E-state index is 0.130. The molecule has 0 saturated heterocycles. The summed E-state index contributed by atoms with van der Waals surface area (Å²) >= 11 is 0. The van der Waals surface area contributed by atoms with E-state index in [1.807, 2.05) is 0 Å². The zero-order chi connectivity index (χ0) is 12.8. The van der Waals surface area contributed by atoms with Gasteiger partial charge in [0.1, 0.15) is 11.5 Å². The number of aromatic nitrogens is 2. The lowest BCUT2D eigenvalue weighted by atomic mass is 10.5. The Morgan fingerprint density at radius 1 is 1.47 bits per heavy atom. The number of hydrogen-bond donors (Lipinski definition) is 5. The van der Waals surface area contributed by atoms with Crippen LogP contribution in [0.1, 0.15) is 0 Å². The topological polar surface area (TPSA) is 134 Å². The monoisotopic (exact) mass is 242 g/mol. The molecule has 0 atom stereocenters. The van der Waals surface area contributed by atoms with E-state index >= 15 is 0 Å². The Bertz CT molecular complexity index is 415. The molecule has 94 valence electrons. The maximum absolute atomic E-state index is 11.3. The largest absolute Gasteiger partial charge is 0.465 e. The molecular weight excluding hydrogens is 228 g/mol. The summed E-state index contributed by atoms with van der Waals surface area (Å²) in [5.41, 5.74) is 6.01. The van der Waals surface area contributed by atoms with E-state index in [1.165, 1.54) is 10.9 Å². The normalized spacial score (nSPS) is 9.71. The Morgan fingerprint density at radius 2 is 2.12 bits per heavy atom. The van der Waals surface area contributed by atoms with Crippen molar-refractivity contribution in [2.24, 2.45) is 7.05 Å². The van der Waals surface area contributed by atoms with Crippen LogP contribution in [0.5, 0.6) is 0 Å². The molecular formula is C8H14N6O3. The number of carboxylic acid groups (broad SMARTS) is 1. The predicted octanol–water partition coefficient (Wildman–Crippen LogP) is -0.609. The third-order valence-corrected chi connectivity index (χ3v) is 1.92. The molecule has 0 bridgehead atoms. The standard InChI is InChI=1S/C8H14N6O3/c1-14-6(9)5(4-12-14)13-7(15)10-2-3-11-8(16)17/h4,11H,2-3,9H2,1H3,(H,16,17)(H2,10,13,15). The van der Waals surface area contributed by atoms with Crippen molar-refractivity contribution in [1.82, 2.24) is 20.4 Å². The summed E-state index contributed by atoms with van der Waals surface area (Å²) in [5.74, 6) is 0.337. The molecule has 0 spiro atoms. The first-order chi connectivity index (χ1) is 8.00. The van der Waals surface area contributed by atoms with Crippen molar-refractivity contribution in [3.05, 3.63) is 6.20 Å². The van der Waals surface area contributed by atoms with Crippen LogP contribution in [-0.2, 0) is 7.05 Å². The quantitative estimate of drug-likeness (QED) is 0.449. The molecule has 1 aromatic rings. The third kappa shape index (κ3) is 3.89. The van der Waals surface area contributed by atoms with Crippen molar-refractivity contribution < 1.29 is 14.7 Å². The van der Waals surface area contributed by atoms with Crippen molar-refractivity contribution in [2.75, 3.05) is 24.1 Å².